The molecule has 32 heavy (non-hydrogen) atoms. The van der Waals surface area contributed by atoms with Crippen LogP contribution in [0.4, 0.5) is 0 Å². The molecule has 0 N–H and O–H groups in total. The van der Waals surface area contributed by atoms with Crippen LogP contribution in [-0.2, 0) is 10.8 Å². The van der Waals surface area contributed by atoms with Crippen LogP contribution in [0.5, 0.6) is 0 Å². The maximum Gasteiger partial charge on any atom is 0.138 e. The van der Waals surface area contributed by atoms with Gasteiger partial charge in [0.15, 0.2) is 0 Å². The Morgan fingerprint density at radius 1 is 0.750 bits per heavy atom. The molecule has 0 fully saturated rings. The van der Waals surface area contributed by atoms with E-state index in [1.54, 1.807) is 0 Å². The van der Waals surface area contributed by atoms with Crippen LogP contribution in [0.1, 0.15) is 25.0 Å². The molecule has 0 heterocycles. The third kappa shape index (κ3) is 3.45. The van der Waals surface area contributed by atoms with Crippen LogP contribution < -0.4 is 0 Å². The lowest BCUT2D eigenvalue weighted by molar-refractivity contribution is 0.282. The number of nitriles is 2. The minimum Gasteiger partial charge on any atom is -0.426 e. The fourth-order valence-electron chi connectivity index (χ4n) is 6.01. The number of hydrogen-bond acceptors (Lipinski definition) is 3. The summed E-state index contributed by atoms with van der Waals surface area (Å²) in [6, 6.07) is 26.0. The van der Waals surface area contributed by atoms with Crippen molar-refractivity contribution in [2.75, 3.05) is 0 Å². The van der Waals surface area contributed by atoms with E-state index in [0.29, 0.717) is 0 Å². The van der Waals surface area contributed by atoms with Gasteiger partial charge in [-0.25, -0.2) is 0 Å². The van der Waals surface area contributed by atoms with Crippen LogP contribution in [-0.4, -0.2) is 20.7 Å². The Balaban J connectivity index is 2.51. The zero-order chi connectivity index (χ0) is 23.9. The van der Waals surface area contributed by atoms with Gasteiger partial charge in [0.05, 0.1) is 23.6 Å². The molecule has 2 aromatic rings. The lowest BCUT2D eigenvalue weighted by Crippen LogP contribution is -2.59. The summed E-state index contributed by atoms with van der Waals surface area (Å²) in [6.07, 6.45) is 0. The van der Waals surface area contributed by atoms with Crippen molar-refractivity contribution in [3.63, 3.8) is 0 Å². The average Bonchev–Trinajstić information content (AvgIpc) is 2.92. The normalized spacial score (nSPS) is 25.9. The molecule has 3 atom stereocenters. The van der Waals surface area contributed by atoms with Crippen LogP contribution in [0.2, 0.25) is 39.3 Å². The summed E-state index contributed by atoms with van der Waals surface area (Å²) in [7, 11) is -3.79. The number of nitrogens with zero attached hydrogens (tertiary/aromatic N) is 3. The molecular formula is C27H35N3Si2. The smallest absolute Gasteiger partial charge is 0.138 e. The number of allylic oxidation sites excluding steroid dienone is 2. The molecule has 0 bridgehead atoms. The van der Waals surface area contributed by atoms with Gasteiger partial charge in [-0.05, 0) is 18.1 Å². The SMILES string of the molecule is C[C@@]1(c2ccccc2)C(C#N)=C(N([Si](C)(C)C)[Si](C)(C)C)C(C#N)[C@@]1(C)c1ccccc1. The van der Waals surface area contributed by atoms with Crippen LogP contribution in [0, 0.1) is 28.6 Å². The lowest BCUT2D eigenvalue weighted by atomic mass is 9.56. The third-order valence-corrected chi connectivity index (χ3v) is 14.4. The molecule has 1 aliphatic carbocycles. The van der Waals surface area contributed by atoms with Crippen molar-refractivity contribution in [1.82, 2.24) is 4.23 Å². The maximum absolute atomic E-state index is 10.7. The molecule has 0 saturated heterocycles. The largest absolute Gasteiger partial charge is 0.426 e. The van der Waals surface area contributed by atoms with Crippen molar-refractivity contribution in [2.45, 2.75) is 64.0 Å². The van der Waals surface area contributed by atoms with Crippen LogP contribution >= 0.6 is 0 Å². The fourth-order valence-corrected chi connectivity index (χ4v) is 16.0. The highest BCUT2D eigenvalue weighted by molar-refractivity contribution is 6.90. The van der Waals surface area contributed by atoms with Gasteiger partial charge in [-0.1, -0.05) is 107 Å². The first-order valence-corrected chi connectivity index (χ1v) is 18.2. The molecule has 0 aliphatic heterocycles. The van der Waals surface area contributed by atoms with Crippen molar-refractivity contribution >= 4 is 16.5 Å². The molecule has 2 aromatic carbocycles. The maximum atomic E-state index is 10.7. The van der Waals surface area contributed by atoms with Gasteiger partial charge in [-0.3, -0.25) is 0 Å². The molecular weight excluding hydrogens is 422 g/mol. The van der Waals surface area contributed by atoms with E-state index in [1.165, 1.54) is 0 Å². The van der Waals surface area contributed by atoms with E-state index in [2.05, 4.69) is 93.8 Å². The second kappa shape index (κ2) is 8.07. The topological polar surface area (TPSA) is 50.8 Å². The summed E-state index contributed by atoms with van der Waals surface area (Å²) < 4.78 is 2.59. The molecule has 0 amide bonds. The van der Waals surface area contributed by atoms with E-state index < -0.39 is 33.2 Å². The third-order valence-electron chi connectivity index (χ3n) is 7.19. The second-order valence-electron chi connectivity index (χ2n) is 11.2. The summed E-state index contributed by atoms with van der Waals surface area (Å²) in [4.78, 5) is 0. The van der Waals surface area contributed by atoms with Crippen molar-refractivity contribution in [1.29, 1.82) is 10.5 Å². The zero-order valence-corrected chi connectivity index (χ0v) is 22.7. The first-order chi connectivity index (χ1) is 14.8. The molecule has 0 radical (unpaired) electrons. The Hall–Kier alpha value is -2.61. The van der Waals surface area contributed by atoms with Crippen molar-refractivity contribution < 1.29 is 0 Å². The minimum atomic E-state index is -1.90. The Morgan fingerprint density at radius 3 is 1.56 bits per heavy atom. The number of benzene rings is 2. The van der Waals surface area contributed by atoms with Gasteiger partial charge < -0.3 is 4.23 Å². The summed E-state index contributed by atoms with van der Waals surface area (Å²) in [6.45, 7) is 18.4. The highest BCUT2D eigenvalue weighted by Crippen LogP contribution is 2.62. The molecule has 1 unspecified atom stereocenters. The van der Waals surface area contributed by atoms with Crippen LogP contribution in [0.25, 0.3) is 0 Å². The molecule has 3 rings (SSSR count). The first kappa shape index (κ1) is 24.0. The summed E-state index contributed by atoms with van der Waals surface area (Å²) in [5, 5.41) is 21.4. The monoisotopic (exact) mass is 457 g/mol. The van der Waals surface area contributed by atoms with Gasteiger partial charge in [0.25, 0.3) is 0 Å². The molecule has 0 aromatic heterocycles. The molecule has 0 spiro atoms. The molecule has 3 nitrogen and oxygen atoms in total. The van der Waals surface area contributed by atoms with E-state index in [9.17, 15) is 10.5 Å². The second-order valence-corrected chi connectivity index (χ2v) is 21.2. The summed E-state index contributed by atoms with van der Waals surface area (Å²) >= 11 is 0. The Morgan fingerprint density at radius 2 is 1.19 bits per heavy atom. The average molecular weight is 458 g/mol. The van der Waals surface area contributed by atoms with Gasteiger partial charge in [0, 0.05) is 16.5 Å². The summed E-state index contributed by atoms with van der Waals surface area (Å²) in [5.41, 5.74) is 2.72. The highest BCUT2D eigenvalue weighted by atomic mass is 28.4. The number of rotatable bonds is 5. The van der Waals surface area contributed by atoms with E-state index in [-0.39, 0.29) is 0 Å². The van der Waals surface area contributed by atoms with E-state index >= 15 is 0 Å². The van der Waals surface area contributed by atoms with Gasteiger partial charge in [-0.15, -0.1) is 0 Å². The van der Waals surface area contributed by atoms with Gasteiger partial charge in [0.2, 0.25) is 0 Å². The standard InChI is InChI=1S/C27H35N3Si2/c1-26(21-15-11-9-12-16-21)23(19-28)25(30(31(3,4)5)32(6,7)8)24(20-29)27(26,2)22-17-13-10-14-18-22/h9-18,23H,1-8H3/t23?,26-,27-/m1/s1. The molecule has 166 valence electrons. The van der Waals surface area contributed by atoms with Crippen LogP contribution in [0.3, 0.4) is 0 Å². The highest BCUT2D eigenvalue weighted by Gasteiger charge is 2.63. The fraction of sp³-hybridized carbons (Fsp3) is 0.407. The van der Waals surface area contributed by atoms with Gasteiger partial charge >= 0.3 is 0 Å². The predicted molar refractivity (Wildman–Crippen MR) is 138 cm³/mol. The quantitative estimate of drug-likeness (QED) is 0.464. The molecule has 1 aliphatic rings. The van der Waals surface area contributed by atoms with Crippen molar-refractivity contribution in [2.24, 2.45) is 5.92 Å². The van der Waals surface area contributed by atoms with E-state index in [1.807, 2.05) is 36.4 Å². The first-order valence-electron chi connectivity index (χ1n) is 11.3. The molecule has 0 saturated carbocycles. The predicted octanol–water partition coefficient (Wildman–Crippen LogP) is 6.81. The Kier molecular flexibility index (Phi) is 6.06. The molecule has 5 heteroatoms. The van der Waals surface area contributed by atoms with Gasteiger partial charge in [-0.2, -0.15) is 10.5 Å². The van der Waals surface area contributed by atoms with E-state index in [4.69, 9.17) is 0 Å². The minimum absolute atomic E-state index is 0.414. The number of hydrogen-bond donors (Lipinski definition) is 0. The van der Waals surface area contributed by atoms with Crippen LogP contribution in [0.15, 0.2) is 71.9 Å². The summed E-state index contributed by atoms with van der Waals surface area (Å²) in [5.74, 6) is -0.414. The Labute approximate surface area is 196 Å². The lowest BCUT2D eigenvalue weighted by Gasteiger charge is -2.49. The van der Waals surface area contributed by atoms with E-state index in [0.717, 1.165) is 22.4 Å². The van der Waals surface area contributed by atoms with Gasteiger partial charge in [0.1, 0.15) is 16.5 Å². The Bertz CT molecular complexity index is 1080. The van der Waals surface area contributed by atoms with Crippen molar-refractivity contribution in [3.8, 4) is 12.1 Å². The van der Waals surface area contributed by atoms with Crippen molar-refractivity contribution in [3.05, 3.63) is 83.1 Å². The zero-order valence-electron chi connectivity index (χ0n) is 20.7.